The first-order valence-electron chi connectivity index (χ1n) is 3.87. The lowest BCUT2D eigenvalue weighted by molar-refractivity contribution is -1.06. The second-order valence-electron chi connectivity index (χ2n) is 3.15. The van der Waals surface area contributed by atoms with Crippen LogP contribution in [0.25, 0.3) is 0 Å². The Morgan fingerprint density at radius 3 is 1.42 bits per heavy atom. The van der Waals surface area contributed by atoms with E-state index in [1.807, 2.05) is 0 Å². The Kier molecular flexibility index (Phi) is 5.31. The molecule has 0 aromatic heterocycles. The van der Waals surface area contributed by atoms with Crippen molar-refractivity contribution in [3.63, 3.8) is 0 Å². The molecule has 0 aromatic rings. The molecule has 0 saturated heterocycles. The zero-order valence-electron chi connectivity index (χ0n) is 7.28. The summed E-state index contributed by atoms with van der Waals surface area (Å²) >= 11 is 0. The van der Waals surface area contributed by atoms with Crippen molar-refractivity contribution in [3.8, 4) is 0 Å². The maximum Gasteiger partial charge on any atom is 0.110 e. The molecule has 4 atom stereocenters. The van der Waals surface area contributed by atoms with E-state index in [0.29, 0.717) is 0 Å². The standard InChI is InChI=1S/C6H16N2O4/c1-5(3-7(9)10)6(2)4-8(11)12/h5-9,11H,3-4H2,1-2H3. The van der Waals surface area contributed by atoms with Crippen LogP contribution in [-0.4, -0.2) is 23.5 Å². The zero-order chi connectivity index (χ0) is 9.72. The lowest BCUT2D eigenvalue weighted by Gasteiger charge is -2.24. The van der Waals surface area contributed by atoms with Crippen molar-refractivity contribution in [2.75, 3.05) is 13.1 Å². The lowest BCUT2D eigenvalue weighted by Crippen LogP contribution is -3.07. The minimum absolute atomic E-state index is 0.0362. The maximum atomic E-state index is 10.3. The van der Waals surface area contributed by atoms with E-state index < -0.39 is 10.5 Å². The van der Waals surface area contributed by atoms with Gasteiger partial charge in [0.1, 0.15) is 13.1 Å². The molecular weight excluding hydrogens is 164 g/mol. The zero-order valence-corrected chi connectivity index (χ0v) is 7.28. The van der Waals surface area contributed by atoms with Gasteiger partial charge in [-0.05, 0) is 0 Å². The summed E-state index contributed by atoms with van der Waals surface area (Å²) in [5.74, 6) is -0.169. The summed E-state index contributed by atoms with van der Waals surface area (Å²) in [6.45, 7) is 3.58. The molecule has 0 aromatic carbocycles. The van der Waals surface area contributed by atoms with E-state index in [2.05, 4.69) is 0 Å². The van der Waals surface area contributed by atoms with E-state index in [-0.39, 0.29) is 24.9 Å². The van der Waals surface area contributed by atoms with Gasteiger partial charge >= 0.3 is 0 Å². The highest BCUT2D eigenvalue weighted by Gasteiger charge is 2.17. The summed E-state index contributed by atoms with van der Waals surface area (Å²) in [5, 5.41) is 35.6. The van der Waals surface area contributed by atoms with Crippen molar-refractivity contribution in [2.24, 2.45) is 11.8 Å². The van der Waals surface area contributed by atoms with Crippen LogP contribution >= 0.6 is 0 Å². The molecular formula is C6H16N2O4. The van der Waals surface area contributed by atoms with Crippen LogP contribution in [0.4, 0.5) is 0 Å². The SMILES string of the molecule is CC(C[NH+]([O-])O)C(C)C[NH+]([O-])O. The smallest absolute Gasteiger partial charge is 0.110 e. The van der Waals surface area contributed by atoms with Gasteiger partial charge in [-0.2, -0.15) is 0 Å². The molecule has 0 spiro atoms. The van der Waals surface area contributed by atoms with Gasteiger partial charge in [0.15, 0.2) is 0 Å². The number of hydrogen-bond donors (Lipinski definition) is 4. The number of nitrogens with one attached hydrogen (secondary N) is 2. The molecule has 0 saturated carbocycles. The topological polar surface area (TPSA) is 95.5 Å². The first-order valence-corrected chi connectivity index (χ1v) is 3.87. The second kappa shape index (κ2) is 5.41. The average Bonchev–Trinajstić information content (AvgIpc) is 1.84. The van der Waals surface area contributed by atoms with Crippen molar-refractivity contribution in [1.29, 1.82) is 0 Å². The van der Waals surface area contributed by atoms with Crippen LogP contribution in [0, 0.1) is 22.3 Å². The third-order valence-corrected chi connectivity index (χ3v) is 1.96. The van der Waals surface area contributed by atoms with Crippen LogP contribution < -0.4 is 10.5 Å². The quantitative estimate of drug-likeness (QED) is 0.361. The van der Waals surface area contributed by atoms with Gasteiger partial charge in [-0.1, -0.05) is 13.8 Å². The van der Waals surface area contributed by atoms with Gasteiger partial charge in [-0.3, -0.25) is 0 Å². The molecule has 0 fully saturated rings. The Bertz CT molecular complexity index is 106. The Morgan fingerprint density at radius 2 is 1.25 bits per heavy atom. The molecule has 0 radical (unpaired) electrons. The number of hydrogen-bond acceptors (Lipinski definition) is 4. The molecule has 6 nitrogen and oxygen atoms in total. The molecule has 74 valence electrons. The van der Waals surface area contributed by atoms with Gasteiger partial charge in [0.25, 0.3) is 0 Å². The van der Waals surface area contributed by atoms with Gasteiger partial charge in [-0.25, -0.2) is 20.9 Å². The molecule has 0 rings (SSSR count). The molecule has 0 aliphatic rings. The highest BCUT2D eigenvalue weighted by molar-refractivity contribution is 4.57. The predicted molar refractivity (Wildman–Crippen MR) is 40.3 cm³/mol. The summed E-state index contributed by atoms with van der Waals surface area (Å²) < 4.78 is 0. The first-order chi connectivity index (χ1) is 5.43. The molecule has 0 amide bonds. The first kappa shape index (κ1) is 11.8. The molecule has 0 aliphatic carbocycles. The van der Waals surface area contributed by atoms with Gasteiger partial charge in [0.2, 0.25) is 0 Å². The molecule has 6 heteroatoms. The molecule has 4 N–H and O–H groups in total. The molecule has 4 unspecified atom stereocenters. The van der Waals surface area contributed by atoms with E-state index >= 15 is 0 Å². The minimum atomic E-state index is -0.875. The van der Waals surface area contributed by atoms with E-state index in [9.17, 15) is 10.4 Å². The monoisotopic (exact) mass is 180 g/mol. The average molecular weight is 180 g/mol. The van der Waals surface area contributed by atoms with Crippen LogP contribution in [0.15, 0.2) is 0 Å². The van der Waals surface area contributed by atoms with Crippen LogP contribution in [0.2, 0.25) is 0 Å². The minimum Gasteiger partial charge on any atom is -0.600 e. The van der Waals surface area contributed by atoms with Crippen molar-refractivity contribution < 1.29 is 20.9 Å². The number of hydroxylamine groups is 4. The van der Waals surface area contributed by atoms with Crippen molar-refractivity contribution in [1.82, 2.24) is 0 Å². The van der Waals surface area contributed by atoms with Gasteiger partial charge in [0.05, 0.1) is 0 Å². The normalized spacial score (nSPS) is 21.5. The van der Waals surface area contributed by atoms with Gasteiger partial charge in [0, 0.05) is 11.8 Å². The summed E-state index contributed by atoms with van der Waals surface area (Å²) in [7, 11) is 0. The fourth-order valence-electron chi connectivity index (χ4n) is 0.953. The molecule has 0 bridgehead atoms. The van der Waals surface area contributed by atoms with E-state index in [4.69, 9.17) is 10.4 Å². The summed E-state index contributed by atoms with van der Waals surface area (Å²) in [6.07, 6.45) is 0. The molecule has 12 heavy (non-hydrogen) atoms. The van der Waals surface area contributed by atoms with Crippen LogP contribution in [-0.2, 0) is 0 Å². The Balaban J connectivity index is 3.68. The lowest BCUT2D eigenvalue weighted by atomic mass is 9.96. The summed E-state index contributed by atoms with van der Waals surface area (Å²) in [4.78, 5) is 0. The maximum absolute atomic E-state index is 10.3. The fraction of sp³-hybridized carbons (Fsp3) is 1.00. The second-order valence-corrected chi connectivity index (χ2v) is 3.15. The Morgan fingerprint density at radius 1 is 1.00 bits per heavy atom. The van der Waals surface area contributed by atoms with Crippen molar-refractivity contribution in [2.45, 2.75) is 13.8 Å². The predicted octanol–water partition coefficient (Wildman–Crippen LogP) is -2.20. The van der Waals surface area contributed by atoms with Crippen LogP contribution in [0.5, 0.6) is 0 Å². The van der Waals surface area contributed by atoms with Crippen molar-refractivity contribution >= 4 is 0 Å². The van der Waals surface area contributed by atoms with Gasteiger partial charge < -0.3 is 10.4 Å². The Hall–Kier alpha value is -0.240. The highest BCUT2D eigenvalue weighted by atomic mass is 16.8. The summed E-state index contributed by atoms with van der Waals surface area (Å²) in [5.41, 5.74) is 0. The molecule has 0 aliphatic heterocycles. The number of rotatable bonds is 5. The summed E-state index contributed by atoms with van der Waals surface area (Å²) in [6, 6.07) is 0. The van der Waals surface area contributed by atoms with Crippen molar-refractivity contribution in [3.05, 3.63) is 10.4 Å². The van der Waals surface area contributed by atoms with E-state index in [0.717, 1.165) is 0 Å². The third-order valence-electron chi connectivity index (χ3n) is 1.96. The number of quaternary nitrogens is 2. The fourth-order valence-corrected chi connectivity index (χ4v) is 0.953. The Labute approximate surface area is 71.1 Å². The highest BCUT2D eigenvalue weighted by Crippen LogP contribution is 2.05. The van der Waals surface area contributed by atoms with E-state index in [1.54, 1.807) is 13.8 Å². The van der Waals surface area contributed by atoms with Crippen LogP contribution in [0.1, 0.15) is 13.8 Å². The molecule has 0 heterocycles. The largest absolute Gasteiger partial charge is 0.600 e. The van der Waals surface area contributed by atoms with E-state index in [1.165, 1.54) is 0 Å². The van der Waals surface area contributed by atoms with Gasteiger partial charge in [-0.15, -0.1) is 0 Å². The third kappa shape index (κ3) is 5.42. The van der Waals surface area contributed by atoms with Crippen LogP contribution in [0.3, 0.4) is 0 Å².